The van der Waals surface area contributed by atoms with Crippen LogP contribution in [0.15, 0.2) is 0 Å². The molecule has 0 radical (unpaired) electrons. The summed E-state index contributed by atoms with van der Waals surface area (Å²) in [5, 5.41) is 5.16. The zero-order valence-corrected chi connectivity index (χ0v) is 13.6. The summed E-state index contributed by atoms with van der Waals surface area (Å²) in [6.45, 7) is 11.9. The molecule has 2 N–H and O–H groups in total. The van der Waals surface area contributed by atoms with Gasteiger partial charge in [0.15, 0.2) is 8.32 Å². The molecule has 7 heteroatoms. The number of hydrogen-bond donors (Lipinski definition) is 1. The van der Waals surface area contributed by atoms with Crippen LogP contribution in [-0.4, -0.2) is 41.2 Å². The van der Waals surface area contributed by atoms with Crippen molar-refractivity contribution < 1.29 is 12.8 Å². The lowest BCUT2D eigenvalue weighted by Crippen LogP contribution is -2.41. The lowest BCUT2D eigenvalue weighted by atomic mass is 10.2. The predicted octanol–water partition coefficient (Wildman–Crippen LogP) is 1.53. The van der Waals surface area contributed by atoms with Gasteiger partial charge in [0.25, 0.3) is 10.2 Å². The number of hydrogen-bond acceptors (Lipinski definition) is 3. The molecule has 0 heterocycles. The first kappa shape index (κ1) is 17.0. The first-order valence-corrected chi connectivity index (χ1v) is 10.2. The molecule has 0 fully saturated rings. The Bertz CT molecular complexity index is 336. The van der Waals surface area contributed by atoms with Crippen LogP contribution in [-0.2, 0) is 14.6 Å². The summed E-state index contributed by atoms with van der Waals surface area (Å²) in [6.07, 6.45) is 0.666. The van der Waals surface area contributed by atoms with Crippen LogP contribution in [0.25, 0.3) is 0 Å². The minimum absolute atomic E-state index is 0.179. The minimum atomic E-state index is -3.56. The number of nitrogens with zero attached hydrogens (tertiary/aromatic N) is 1. The van der Waals surface area contributed by atoms with Gasteiger partial charge in [-0.05, 0) is 24.6 Å². The van der Waals surface area contributed by atoms with Gasteiger partial charge in [-0.1, -0.05) is 20.8 Å². The van der Waals surface area contributed by atoms with Gasteiger partial charge in [0.1, 0.15) is 0 Å². The van der Waals surface area contributed by atoms with E-state index in [9.17, 15) is 8.42 Å². The first-order chi connectivity index (χ1) is 7.38. The van der Waals surface area contributed by atoms with Gasteiger partial charge in [-0.3, -0.25) is 0 Å². The van der Waals surface area contributed by atoms with Gasteiger partial charge in [-0.2, -0.15) is 12.7 Å². The molecule has 0 rings (SSSR count). The Balaban J connectivity index is 4.03. The summed E-state index contributed by atoms with van der Waals surface area (Å²) >= 11 is 0. The molecule has 0 unspecified atom stereocenters. The van der Waals surface area contributed by atoms with Crippen molar-refractivity contribution in [1.82, 2.24) is 4.31 Å². The standard InChI is InChI=1S/C10H26N2O3SSi/c1-10(2,3)17(5,6)15-9-7-8-12(4)16(11,13)14/h7-9H2,1-6H3,(H2,11,13,14). The molecular formula is C10H26N2O3SSi. The fourth-order valence-electron chi connectivity index (χ4n) is 0.958. The summed E-state index contributed by atoms with van der Waals surface area (Å²) in [5.41, 5.74) is 0. The highest BCUT2D eigenvalue weighted by Crippen LogP contribution is 2.36. The zero-order valence-electron chi connectivity index (χ0n) is 11.8. The Morgan fingerprint density at radius 3 is 2.12 bits per heavy atom. The molecule has 0 aliphatic rings. The van der Waals surface area contributed by atoms with Crippen molar-refractivity contribution in [3.8, 4) is 0 Å². The third-order valence-electron chi connectivity index (χ3n) is 3.32. The van der Waals surface area contributed by atoms with Crippen molar-refractivity contribution >= 4 is 18.5 Å². The molecule has 104 valence electrons. The molecule has 0 aliphatic carbocycles. The SMILES string of the molecule is CN(CCCO[Si](C)(C)C(C)(C)C)S(N)(=O)=O. The Morgan fingerprint density at radius 2 is 1.76 bits per heavy atom. The molecule has 0 aromatic heterocycles. The lowest BCUT2D eigenvalue weighted by Gasteiger charge is -2.36. The van der Waals surface area contributed by atoms with Crippen LogP contribution in [0.3, 0.4) is 0 Å². The molecule has 0 saturated heterocycles. The van der Waals surface area contributed by atoms with Crippen molar-refractivity contribution in [2.45, 2.75) is 45.3 Å². The summed E-state index contributed by atoms with van der Waals surface area (Å²) in [5.74, 6) is 0. The smallest absolute Gasteiger partial charge is 0.276 e. The topological polar surface area (TPSA) is 72.6 Å². The third kappa shape index (κ3) is 5.96. The van der Waals surface area contributed by atoms with Gasteiger partial charge in [0, 0.05) is 20.2 Å². The van der Waals surface area contributed by atoms with Gasteiger partial charge in [-0.25, -0.2) is 5.14 Å². The van der Waals surface area contributed by atoms with Crippen LogP contribution in [0.4, 0.5) is 0 Å². The second kappa shape index (κ2) is 5.79. The molecule has 0 amide bonds. The van der Waals surface area contributed by atoms with Crippen molar-refractivity contribution in [1.29, 1.82) is 0 Å². The molecule has 5 nitrogen and oxygen atoms in total. The van der Waals surface area contributed by atoms with E-state index in [0.29, 0.717) is 19.6 Å². The highest BCUT2D eigenvalue weighted by atomic mass is 32.2. The molecule has 0 aliphatic heterocycles. The quantitative estimate of drug-likeness (QED) is 0.593. The molecule has 0 atom stereocenters. The maximum Gasteiger partial charge on any atom is 0.276 e. The maximum atomic E-state index is 11.0. The second-order valence-corrected chi connectivity index (χ2v) is 12.3. The normalized spacial score (nSPS) is 14.4. The molecule has 17 heavy (non-hydrogen) atoms. The average molecular weight is 282 g/mol. The Morgan fingerprint density at radius 1 is 1.29 bits per heavy atom. The maximum absolute atomic E-state index is 11.0. The summed E-state index contributed by atoms with van der Waals surface area (Å²) in [6, 6.07) is 0. The van der Waals surface area contributed by atoms with Gasteiger partial charge >= 0.3 is 0 Å². The molecule has 0 aromatic carbocycles. The van der Waals surface area contributed by atoms with E-state index in [2.05, 4.69) is 33.9 Å². The molecular weight excluding hydrogens is 256 g/mol. The minimum Gasteiger partial charge on any atom is -0.417 e. The fraction of sp³-hybridized carbons (Fsp3) is 1.00. The van der Waals surface area contributed by atoms with Crippen LogP contribution in [0, 0.1) is 0 Å². The van der Waals surface area contributed by atoms with E-state index < -0.39 is 18.5 Å². The third-order valence-corrected chi connectivity index (χ3v) is 8.91. The fourth-order valence-corrected chi connectivity index (χ4v) is 2.43. The van der Waals surface area contributed by atoms with Gasteiger partial charge in [-0.15, -0.1) is 0 Å². The average Bonchev–Trinajstić information content (AvgIpc) is 2.08. The van der Waals surface area contributed by atoms with Crippen LogP contribution in [0.2, 0.25) is 18.1 Å². The van der Waals surface area contributed by atoms with E-state index in [1.165, 1.54) is 7.05 Å². The first-order valence-electron chi connectivity index (χ1n) is 5.76. The highest BCUT2D eigenvalue weighted by Gasteiger charge is 2.36. The monoisotopic (exact) mass is 282 g/mol. The summed E-state index contributed by atoms with van der Waals surface area (Å²) in [7, 11) is -3.81. The highest BCUT2D eigenvalue weighted by molar-refractivity contribution is 7.86. The van der Waals surface area contributed by atoms with Gasteiger partial charge in [0.2, 0.25) is 0 Å². The van der Waals surface area contributed by atoms with E-state index in [-0.39, 0.29) is 5.04 Å². The predicted molar refractivity (Wildman–Crippen MR) is 73.5 cm³/mol. The molecule has 0 aromatic rings. The van der Waals surface area contributed by atoms with E-state index in [4.69, 9.17) is 9.56 Å². The Labute approximate surface area is 107 Å². The Hall–Kier alpha value is 0.0469. The largest absolute Gasteiger partial charge is 0.417 e. The van der Waals surface area contributed by atoms with E-state index in [1.807, 2.05) is 0 Å². The number of rotatable bonds is 6. The molecule has 0 spiro atoms. The number of nitrogens with two attached hydrogens (primary N) is 1. The van der Waals surface area contributed by atoms with Gasteiger partial charge < -0.3 is 4.43 Å². The van der Waals surface area contributed by atoms with E-state index >= 15 is 0 Å². The van der Waals surface area contributed by atoms with Crippen LogP contribution >= 0.6 is 0 Å². The summed E-state index contributed by atoms with van der Waals surface area (Å²) in [4.78, 5) is 0. The second-order valence-electron chi connectivity index (χ2n) is 5.83. The van der Waals surface area contributed by atoms with E-state index in [0.717, 1.165) is 4.31 Å². The van der Waals surface area contributed by atoms with Crippen LogP contribution < -0.4 is 5.14 Å². The van der Waals surface area contributed by atoms with Crippen molar-refractivity contribution in [2.75, 3.05) is 20.2 Å². The van der Waals surface area contributed by atoms with Crippen LogP contribution in [0.1, 0.15) is 27.2 Å². The molecule has 0 bridgehead atoms. The molecule has 0 saturated carbocycles. The zero-order chi connectivity index (χ0) is 13.9. The van der Waals surface area contributed by atoms with E-state index in [1.54, 1.807) is 0 Å². The van der Waals surface area contributed by atoms with Crippen LogP contribution in [0.5, 0.6) is 0 Å². The van der Waals surface area contributed by atoms with Crippen molar-refractivity contribution in [3.05, 3.63) is 0 Å². The lowest BCUT2D eigenvalue weighted by molar-refractivity contribution is 0.271. The summed E-state index contributed by atoms with van der Waals surface area (Å²) < 4.78 is 29.0. The van der Waals surface area contributed by atoms with Gasteiger partial charge in [0.05, 0.1) is 0 Å². The Kier molecular flexibility index (Phi) is 5.81. The van der Waals surface area contributed by atoms with Crippen molar-refractivity contribution in [3.63, 3.8) is 0 Å². The van der Waals surface area contributed by atoms with Crippen molar-refractivity contribution in [2.24, 2.45) is 5.14 Å².